The van der Waals surface area contributed by atoms with Crippen LogP contribution >= 0.6 is 11.3 Å². The fourth-order valence-electron chi connectivity index (χ4n) is 4.75. The molecule has 3 aromatic carbocycles. The molecule has 0 aliphatic carbocycles. The Labute approximate surface area is 246 Å². The van der Waals surface area contributed by atoms with E-state index in [0.717, 1.165) is 5.56 Å². The largest absolute Gasteiger partial charge is 0.491 e. The van der Waals surface area contributed by atoms with E-state index in [1.54, 1.807) is 44.2 Å². The van der Waals surface area contributed by atoms with E-state index in [1.807, 2.05) is 56.3 Å². The summed E-state index contributed by atoms with van der Waals surface area (Å²) >= 11 is 1.22. The smallest absolute Gasteiger partial charge is 0.338 e. The summed E-state index contributed by atoms with van der Waals surface area (Å²) in [6, 6.07) is 20.3. The monoisotopic (exact) mass is 586 g/mol. The van der Waals surface area contributed by atoms with Gasteiger partial charge in [0.2, 0.25) is 0 Å². The number of para-hydroxylation sites is 1. The average Bonchev–Trinajstić information content (AvgIpc) is 3.26. The number of allylic oxidation sites excluding steroid dienone is 1. The van der Waals surface area contributed by atoms with Gasteiger partial charge < -0.3 is 14.2 Å². The fourth-order valence-corrected chi connectivity index (χ4v) is 5.79. The lowest BCUT2D eigenvalue weighted by atomic mass is 9.96. The Hall–Kier alpha value is -4.50. The summed E-state index contributed by atoms with van der Waals surface area (Å²) in [5.74, 6) is 0.325. The number of ether oxygens (including phenoxy) is 3. The summed E-state index contributed by atoms with van der Waals surface area (Å²) in [6.07, 6.45) is 1.74. The predicted octanol–water partition coefficient (Wildman–Crippen LogP) is 5.30. The third-order valence-corrected chi connectivity index (χ3v) is 7.61. The second kappa shape index (κ2) is 12.6. The summed E-state index contributed by atoms with van der Waals surface area (Å²) < 4.78 is 33.2. The van der Waals surface area contributed by atoms with Gasteiger partial charge in [-0.2, -0.15) is 0 Å². The van der Waals surface area contributed by atoms with E-state index in [1.165, 1.54) is 22.0 Å². The van der Waals surface area contributed by atoms with Crippen molar-refractivity contribution in [3.05, 3.63) is 126 Å². The molecule has 0 saturated heterocycles. The van der Waals surface area contributed by atoms with Gasteiger partial charge in [0.1, 0.15) is 23.9 Å². The first-order valence-electron chi connectivity index (χ1n) is 13.7. The van der Waals surface area contributed by atoms with E-state index >= 15 is 0 Å². The highest BCUT2D eigenvalue weighted by molar-refractivity contribution is 7.07. The molecule has 7 nitrogen and oxygen atoms in total. The summed E-state index contributed by atoms with van der Waals surface area (Å²) in [7, 11) is 0. The van der Waals surface area contributed by atoms with Gasteiger partial charge in [-0.15, -0.1) is 0 Å². The van der Waals surface area contributed by atoms with E-state index in [-0.39, 0.29) is 30.7 Å². The zero-order chi connectivity index (χ0) is 29.8. The van der Waals surface area contributed by atoms with Crippen molar-refractivity contribution in [2.24, 2.45) is 4.99 Å². The molecule has 9 heteroatoms. The highest BCUT2D eigenvalue weighted by atomic mass is 32.1. The third kappa shape index (κ3) is 6.06. The van der Waals surface area contributed by atoms with Gasteiger partial charge in [-0.1, -0.05) is 59.9 Å². The summed E-state index contributed by atoms with van der Waals surface area (Å²) in [5, 5.41) is 0. The molecular formula is C33H31FN2O5S. The first-order chi connectivity index (χ1) is 20.3. The Balaban J connectivity index is 1.58. The highest BCUT2D eigenvalue weighted by Gasteiger charge is 2.33. The van der Waals surface area contributed by atoms with E-state index in [9.17, 15) is 14.0 Å². The molecule has 1 aliphatic rings. The molecule has 0 amide bonds. The number of hydrogen-bond donors (Lipinski definition) is 0. The van der Waals surface area contributed by atoms with Crippen LogP contribution in [-0.2, 0) is 16.1 Å². The van der Waals surface area contributed by atoms with Gasteiger partial charge in [0, 0.05) is 11.1 Å². The molecule has 0 N–H and O–H groups in total. The lowest BCUT2D eigenvalue weighted by Gasteiger charge is -2.25. The molecule has 1 aliphatic heterocycles. The average molecular weight is 587 g/mol. The van der Waals surface area contributed by atoms with Crippen LogP contribution in [0.5, 0.6) is 11.5 Å². The minimum Gasteiger partial charge on any atom is -0.491 e. The fraction of sp³-hybridized carbons (Fsp3) is 0.242. The molecular weight excluding hydrogens is 555 g/mol. The lowest BCUT2D eigenvalue weighted by Crippen LogP contribution is -2.39. The van der Waals surface area contributed by atoms with E-state index in [0.29, 0.717) is 43.2 Å². The number of benzene rings is 3. The van der Waals surface area contributed by atoms with Crippen molar-refractivity contribution in [1.29, 1.82) is 0 Å². The summed E-state index contributed by atoms with van der Waals surface area (Å²) in [4.78, 5) is 32.2. The van der Waals surface area contributed by atoms with Crippen molar-refractivity contribution < 1.29 is 23.4 Å². The van der Waals surface area contributed by atoms with Crippen LogP contribution < -0.4 is 24.4 Å². The van der Waals surface area contributed by atoms with Crippen LogP contribution in [0.2, 0.25) is 0 Å². The third-order valence-electron chi connectivity index (χ3n) is 6.63. The topological polar surface area (TPSA) is 79.1 Å². The molecule has 1 aromatic heterocycles. The maximum Gasteiger partial charge on any atom is 0.338 e. The van der Waals surface area contributed by atoms with E-state index < -0.39 is 12.0 Å². The van der Waals surface area contributed by atoms with Gasteiger partial charge in [0.25, 0.3) is 5.56 Å². The maximum atomic E-state index is 14.2. The van der Waals surface area contributed by atoms with Crippen LogP contribution in [0.15, 0.2) is 93.9 Å². The number of nitrogens with zero attached hydrogens (tertiary/aromatic N) is 2. The molecule has 0 unspecified atom stereocenters. The van der Waals surface area contributed by atoms with Gasteiger partial charge in [0.15, 0.2) is 4.80 Å². The standard InChI is InChI=1S/C33H31FN2O5S/c1-5-39-32(38)29-21(4)35-33-36(30(29)22-14-16-25(17-15-22)41-20(2)3)31(37)28(42-33)18-23-10-7-9-13-27(23)40-19-24-11-6-8-12-26(24)34/h6-18,20,30H,5,19H2,1-4H3/b28-18-/t30-/m1/s1. The molecule has 0 bridgehead atoms. The number of hydrogen-bond acceptors (Lipinski definition) is 7. The van der Waals surface area contributed by atoms with E-state index in [4.69, 9.17) is 14.2 Å². The van der Waals surface area contributed by atoms with Gasteiger partial charge in [-0.3, -0.25) is 9.36 Å². The minimum absolute atomic E-state index is 0.00401. The Morgan fingerprint density at radius 1 is 1.07 bits per heavy atom. The van der Waals surface area contributed by atoms with Crippen LogP contribution in [0.3, 0.4) is 0 Å². The number of carbonyl (C=O) groups excluding carboxylic acids is 1. The zero-order valence-electron chi connectivity index (χ0n) is 23.8. The number of esters is 1. The number of halogens is 1. The molecule has 2 heterocycles. The number of carbonyl (C=O) groups is 1. The Kier molecular flexibility index (Phi) is 8.68. The Morgan fingerprint density at radius 2 is 1.79 bits per heavy atom. The van der Waals surface area contributed by atoms with Crippen molar-refractivity contribution in [2.75, 3.05) is 6.61 Å². The number of rotatable bonds is 9. The first kappa shape index (κ1) is 29.0. The SMILES string of the molecule is CCOC(=O)C1=C(C)N=c2s/c(=C\c3ccccc3OCc3ccccc3F)c(=O)n2[C@@H]1c1ccc(OC(C)C)cc1. The van der Waals surface area contributed by atoms with E-state index in [2.05, 4.69) is 4.99 Å². The second-order valence-electron chi connectivity index (χ2n) is 9.96. The van der Waals surface area contributed by atoms with Crippen LogP contribution in [-0.4, -0.2) is 23.2 Å². The quantitative estimate of drug-likeness (QED) is 0.249. The van der Waals surface area contributed by atoms with Crippen LogP contribution in [0.4, 0.5) is 4.39 Å². The van der Waals surface area contributed by atoms with Crippen molar-refractivity contribution >= 4 is 23.4 Å². The van der Waals surface area contributed by atoms with Gasteiger partial charge in [0.05, 0.1) is 34.6 Å². The van der Waals surface area contributed by atoms with Gasteiger partial charge in [-0.05, 0) is 63.6 Å². The molecule has 0 spiro atoms. The molecule has 216 valence electrons. The van der Waals surface area contributed by atoms with Crippen LogP contribution in [0, 0.1) is 5.82 Å². The first-order valence-corrected chi connectivity index (χ1v) is 14.5. The number of thiazole rings is 1. The molecule has 0 radical (unpaired) electrons. The van der Waals surface area contributed by atoms with Crippen LogP contribution in [0.25, 0.3) is 6.08 Å². The molecule has 0 fully saturated rings. The molecule has 1 atom stereocenters. The molecule has 4 aromatic rings. The summed E-state index contributed by atoms with van der Waals surface area (Å²) in [5.41, 5.74) is 2.31. The van der Waals surface area contributed by atoms with Crippen molar-refractivity contribution in [3.63, 3.8) is 0 Å². The second-order valence-corrected chi connectivity index (χ2v) is 11.0. The van der Waals surface area contributed by atoms with Gasteiger partial charge >= 0.3 is 5.97 Å². The molecule has 5 rings (SSSR count). The Morgan fingerprint density at radius 3 is 2.50 bits per heavy atom. The van der Waals surface area contributed by atoms with Gasteiger partial charge in [-0.25, -0.2) is 14.2 Å². The Bertz CT molecular complexity index is 1820. The molecule has 0 saturated carbocycles. The zero-order valence-corrected chi connectivity index (χ0v) is 24.6. The van der Waals surface area contributed by atoms with Crippen molar-refractivity contribution in [2.45, 2.75) is 46.4 Å². The highest BCUT2D eigenvalue weighted by Crippen LogP contribution is 2.32. The van der Waals surface area contributed by atoms with Crippen LogP contribution in [0.1, 0.15) is 50.4 Å². The number of fused-ring (bicyclic) bond motifs is 1. The van der Waals surface area contributed by atoms with Crippen molar-refractivity contribution in [1.82, 2.24) is 4.57 Å². The predicted molar refractivity (Wildman–Crippen MR) is 160 cm³/mol. The number of aromatic nitrogens is 1. The summed E-state index contributed by atoms with van der Waals surface area (Å²) in [6.45, 7) is 7.61. The lowest BCUT2D eigenvalue weighted by molar-refractivity contribution is -0.139. The normalized spacial score (nSPS) is 14.9. The maximum absolute atomic E-state index is 14.2. The van der Waals surface area contributed by atoms with Crippen molar-refractivity contribution in [3.8, 4) is 11.5 Å². The molecule has 42 heavy (non-hydrogen) atoms. The minimum atomic E-state index is -0.733.